The second-order valence-electron chi connectivity index (χ2n) is 6.82. The van der Waals surface area contributed by atoms with Crippen LogP contribution in [0.1, 0.15) is 29.6 Å². The van der Waals surface area contributed by atoms with Crippen LogP contribution in [0.5, 0.6) is 11.5 Å². The van der Waals surface area contributed by atoms with Gasteiger partial charge in [-0.05, 0) is 26.2 Å². The number of hydrogen-bond acceptors (Lipinski definition) is 4. The number of nitrogens with zero attached hydrogens (tertiary/aromatic N) is 2. The van der Waals surface area contributed by atoms with Crippen LogP contribution in [-0.4, -0.2) is 45.2 Å². The van der Waals surface area contributed by atoms with Crippen molar-refractivity contribution in [2.45, 2.75) is 18.5 Å². The van der Waals surface area contributed by atoms with Crippen LogP contribution in [0, 0.1) is 0 Å². The Labute approximate surface area is 161 Å². The predicted molar refractivity (Wildman–Crippen MR) is 108 cm³/mol. The van der Waals surface area contributed by atoms with E-state index in [1.54, 1.807) is 7.11 Å². The van der Waals surface area contributed by atoms with Gasteiger partial charge in [0.25, 0.3) is 0 Å². The number of aliphatic imine (C=N–C) groups is 1. The minimum Gasteiger partial charge on any atom is -0.496 e. The van der Waals surface area contributed by atoms with Crippen LogP contribution in [0.4, 0.5) is 0 Å². The normalized spacial score (nSPS) is 17.8. The van der Waals surface area contributed by atoms with Crippen LogP contribution in [0.3, 0.4) is 0 Å². The van der Waals surface area contributed by atoms with E-state index in [4.69, 9.17) is 15.2 Å². The molecule has 0 spiro atoms. The summed E-state index contributed by atoms with van der Waals surface area (Å²) in [6.07, 6.45) is 0.858. The molecular weight excluding hydrogens is 340 g/mol. The van der Waals surface area contributed by atoms with E-state index in [1.807, 2.05) is 50.5 Å². The van der Waals surface area contributed by atoms with Crippen LogP contribution in [-0.2, 0) is 0 Å². The maximum absolute atomic E-state index is 6.21. The minimum absolute atomic E-state index is 0.0727. The SMILES string of the molecule is COc1ccccc1C(CN=C(N)NC1CCOc2ccccc21)N(C)C. The Morgan fingerprint density at radius 1 is 1.26 bits per heavy atom. The highest BCUT2D eigenvalue weighted by atomic mass is 16.5. The zero-order valence-corrected chi connectivity index (χ0v) is 16.2. The fourth-order valence-corrected chi connectivity index (χ4v) is 3.38. The molecule has 0 bridgehead atoms. The van der Waals surface area contributed by atoms with Crippen molar-refractivity contribution < 1.29 is 9.47 Å². The average Bonchev–Trinajstić information content (AvgIpc) is 2.68. The summed E-state index contributed by atoms with van der Waals surface area (Å²) in [5.41, 5.74) is 8.42. The molecule has 2 unspecified atom stereocenters. The van der Waals surface area contributed by atoms with Crippen LogP contribution >= 0.6 is 0 Å². The molecule has 0 aliphatic carbocycles. The van der Waals surface area contributed by atoms with E-state index in [-0.39, 0.29) is 12.1 Å². The van der Waals surface area contributed by atoms with Crippen molar-refractivity contribution in [1.82, 2.24) is 10.2 Å². The molecule has 3 rings (SSSR count). The van der Waals surface area contributed by atoms with Gasteiger partial charge in [-0.25, -0.2) is 0 Å². The largest absolute Gasteiger partial charge is 0.496 e. The molecular formula is C21H28N4O2. The monoisotopic (exact) mass is 368 g/mol. The fraction of sp³-hybridized carbons (Fsp3) is 0.381. The van der Waals surface area contributed by atoms with Gasteiger partial charge in [0, 0.05) is 17.5 Å². The zero-order valence-electron chi connectivity index (χ0n) is 16.2. The summed E-state index contributed by atoms with van der Waals surface area (Å²) in [6, 6.07) is 16.2. The van der Waals surface area contributed by atoms with Crippen LogP contribution in [0.2, 0.25) is 0 Å². The number of benzene rings is 2. The maximum Gasteiger partial charge on any atom is 0.189 e. The van der Waals surface area contributed by atoms with Gasteiger partial charge in [0.2, 0.25) is 0 Å². The van der Waals surface area contributed by atoms with Crippen LogP contribution < -0.4 is 20.5 Å². The molecule has 0 amide bonds. The highest BCUT2D eigenvalue weighted by molar-refractivity contribution is 5.78. The third-order valence-electron chi connectivity index (χ3n) is 4.84. The van der Waals surface area contributed by atoms with E-state index >= 15 is 0 Å². The molecule has 0 radical (unpaired) electrons. The minimum atomic E-state index is 0.0727. The van der Waals surface area contributed by atoms with Gasteiger partial charge in [-0.1, -0.05) is 36.4 Å². The molecule has 27 heavy (non-hydrogen) atoms. The van der Waals surface area contributed by atoms with E-state index in [0.717, 1.165) is 29.0 Å². The Bertz CT molecular complexity index is 791. The van der Waals surface area contributed by atoms with Crippen molar-refractivity contribution in [3.8, 4) is 11.5 Å². The number of likely N-dealkylation sites (N-methyl/N-ethyl adjacent to an activating group) is 1. The summed E-state index contributed by atoms with van der Waals surface area (Å²) in [5, 5.41) is 3.35. The van der Waals surface area contributed by atoms with E-state index in [2.05, 4.69) is 27.3 Å². The summed E-state index contributed by atoms with van der Waals surface area (Å²) in [5.74, 6) is 2.21. The molecule has 6 heteroatoms. The van der Waals surface area contributed by atoms with Gasteiger partial charge >= 0.3 is 0 Å². The maximum atomic E-state index is 6.21. The third kappa shape index (κ3) is 4.52. The zero-order chi connectivity index (χ0) is 19.2. The Balaban J connectivity index is 1.72. The van der Waals surface area contributed by atoms with Crippen molar-refractivity contribution in [3.63, 3.8) is 0 Å². The molecule has 2 aromatic carbocycles. The summed E-state index contributed by atoms with van der Waals surface area (Å²) >= 11 is 0. The molecule has 144 valence electrons. The molecule has 3 N–H and O–H groups in total. The second-order valence-corrected chi connectivity index (χ2v) is 6.82. The first-order valence-corrected chi connectivity index (χ1v) is 9.17. The number of nitrogens with two attached hydrogens (primary N) is 1. The Morgan fingerprint density at radius 3 is 2.78 bits per heavy atom. The van der Waals surface area contributed by atoms with E-state index in [9.17, 15) is 0 Å². The molecule has 1 heterocycles. The van der Waals surface area contributed by atoms with Gasteiger partial charge in [-0.15, -0.1) is 0 Å². The number of para-hydroxylation sites is 2. The molecule has 2 aromatic rings. The smallest absolute Gasteiger partial charge is 0.189 e. The quantitative estimate of drug-likeness (QED) is 0.606. The van der Waals surface area contributed by atoms with Gasteiger partial charge in [0.05, 0.1) is 32.3 Å². The lowest BCUT2D eigenvalue weighted by Gasteiger charge is -2.28. The number of guanidine groups is 1. The summed E-state index contributed by atoms with van der Waals surface area (Å²) in [7, 11) is 5.75. The standard InChI is InChI=1S/C21H28N4O2/c1-25(2)18(16-9-5-6-10-19(16)26-3)14-23-21(22)24-17-12-13-27-20-11-7-4-8-15(17)20/h4-11,17-18H,12-14H2,1-3H3,(H3,22,23,24). The molecule has 0 saturated carbocycles. The Kier molecular flexibility index (Phi) is 6.19. The van der Waals surface area contributed by atoms with Crippen LogP contribution in [0.15, 0.2) is 53.5 Å². The van der Waals surface area contributed by atoms with Crippen molar-refractivity contribution >= 4 is 5.96 Å². The first kappa shape index (κ1) is 19.0. The summed E-state index contributed by atoms with van der Waals surface area (Å²) < 4.78 is 11.2. The summed E-state index contributed by atoms with van der Waals surface area (Å²) in [6.45, 7) is 1.21. The Hall–Kier alpha value is -2.73. The first-order valence-electron chi connectivity index (χ1n) is 9.17. The second kappa shape index (κ2) is 8.77. The molecule has 1 aliphatic rings. The number of fused-ring (bicyclic) bond motifs is 1. The molecule has 0 fully saturated rings. The topological polar surface area (TPSA) is 72.1 Å². The van der Waals surface area contributed by atoms with Gasteiger partial charge in [-0.3, -0.25) is 4.99 Å². The lowest BCUT2D eigenvalue weighted by atomic mass is 10.0. The number of ether oxygens (including phenoxy) is 2. The highest BCUT2D eigenvalue weighted by Gasteiger charge is 2.22. The van der Waals surface area contributed by atoms with E-state index in [0.29, 0.717) is 19.1 Å². The number of rotatable bonds is 6. The van der Waals surface area contributed by atoms with Gasteiger partial charge < -0.3 is 25.4 Å². The number of methoxy groups -OCH3 is 1. The van der Waals surface area contributed by atoms with Crippen molar-refractivity contribution in [3.05, 3.63) is 59.7 Å². The van der Waals surface area contributed by atoms with E-state index in [1.165, 1.54) is 0 Å². The van der Waals surface area contributed by atoms with Crippen molar-refractivity contribution in [1.29, 1.82) is 0 Å². The molecule has 0 saturated heterocycles. The average molecular weight is 368 g/mol. The molecule has 0 aromatic heterocycles. The van der Waals surface area contributed by atoms with Crippen molar-refractivity contribution in [2.75, 3.05) is 34.4 Å². The van der Waals surface area contributed by atoms with Gasteiger partial charge in [0.1, 0.15) is 11.5 Å². The first-order chi connectivity index (χ1) is 13.1. The Morgan fingerprint density at radius 2 is 2.00 bits per heavy atom. The van der Waals surface area contributed by atoms with Crippen LogP contribution in [0.25, 0.3) is 0 Å². The number of hydrogen-bond donors (Lipinski definition) is 2. The van der Waals surface area contributed by atoms with E-state index < -0.39 is 0 Å². The lowest BCUT2D eigenvalue weighted by Crippen LogP contribution is -2.38. The number of nitrogens with one attached hydrogen (secondary N) is 1. The van der Waals surface area contributed by atoms with Gasteiger partial charge in [0.15, 0.2) is 5.96 Å². The lowest BCUT2D eigenvalue weighted by molar-refractivity contribution is 0.261. The third-order valence-corrected chi connectivity index (χ3v) is 4.84. The highest BCUT2D eigenvalue weighted by Crippen LogP contribution is 2.31. The summed E-state index contributed by atoms with van der Waals surface area (Å²) in [4.78, 5) is 6.73. The molecule has 6 nitrogen and oxygen atoms in total. The molecule has 2 atom stereocenters. The molecule has 1 aliphatic heterocycles. The predicted octanol–water partition coefficient (Wildman–Crippen LogP) is 2.73. The van der Waals surface area contributed by atoms with Crippen molar-refractivity contribution in [2.24, 2.45) is 10.7 Å². The van der Waals surface area contributed by atoms with Gasteiger partial charge in [-0.2, -0.15) is 0 Å². The fourth-order valence-electron chi connectivity index (χ4n) is 3.38.